The lowest BCUT2D eigenvalue weighted by Crippen LogP contribution is -2.26. The minimum absolute atomic E-state index is 0.128. The third-order valence-electron chi connectivity index (χ3n) is 5.30. The molecule has 7 heteroatoms. The highest BCUT2D eigenvalue weighted by Gasteiger charge is 2.33. The van der Waals surface area contributed by atoms with E-state index in [9.17, 15) is 4.79 Å². The summed E-state index contributed by atoms with van der Waals surface area (Å²) >= 11 is 6.86. The Labute approximate surface area is 207 Å². The molecule has 1 saturated heterocycles. The first-order chi connectivity index (χ1) is 16.6. The Kier molecular flexibility index (Phi) is 6.29. The molecule has 0 N–H and O–H groups in total. The number of aromatic nitrogens is 2. The maximum atomic E-state index is 12.9. The zero-order valence-corrected chi connectivity index (χ0v) is 20.1. The van der Waals surface area contributed by atoms with Crippen molar-refractivity contribution in [2.45, 2.75) is 6.92 Å². The highest BCUT2D eigenvalue weighted by molar-refractivity contribution is 8.20. The van der Waals surface area contributed by atoms with Gasteiger partial charge in [-0.05, 0) is 61.2 Å². The van der Waals surface area contributed by atoms with E-state index in [2.05, 4.69) is 0 Å². The van der Waals surface area contributed by atoms with Gasteiger partial charge in [-0.2, -0.15) is 5.10 Å². The number of thioether (sulfide) groups is 1. The summed E-state index contributed by atoms with van der Waals surface area (Å²) < 4.78 is 7.36. The molecule has 0 unspecified atom stereocenters. The molecule has 1 aromatic heterocycles. The van der Waals surface area contributed by atoms with Gasteiger partial charge >= 0.3 is 0 Å². The summed E-state index contributed by atoms with van der Waals surface area (Å²) in [5.74, 6) is 0.757. The minimum atomic E-state index is -0.128. The highest BCUT2D eigenvalue weighted by Crippen LogP contribution is 2.38. The van der Waals surface area contributed by atoms with Gasteiger partial charge in [0.2, 0.25) is 0 Å². The fraction of sp³-hybridized carbons (Fsp3) is 0.0741. The van der Waals surface area contributed by atoms with E-state index in [0.29, 0.717) is 11.6 Å². The van der Waals surface area contributed by atoms with Crippen LogP contribution < -0.4 is 9.64 Å². The van der Waals surface area contributed by atoms with Gasteiger partial charge in [-0.25, -0.2) is 4.68 Å². The first-order valence-electron chi connectivity index (χ1n) is 10.9. The van der Waals surface area contributed by atoms with Crippen LogP contribution in [0, 0.1) is 0 Å². The molecule has 0 atom stereocenters. The molecule has 1 aliphatic rings. The highest BCUT2D eigenvalue weighted by atomic mass is 32.2. The minimum Gasteiger partial charge on any atom is -0.494 e. The normalized spacial score (nSPS) is 14.7. The van der Waals surface area contributed by atoms with Crippen LogP contribution in [0.15, 0.2) is 96.0 Å². The van der Waals surface area contributed by atoms with Crippen LogP contribution in [-0.2, 0) is 0 Å². The number of para-hydroxylation sites is 1. The first kappa shape index (κ1) is 22.1. The first-order valence-corrected chi connectivity index (χ1v) is 12.1. The van der Waals surface area contributed by atoms with E-state index >= 15 is 0 Å². The number of rotatable bonds is 6. The van der Waals surface area contributed by atoms with E-state index < -0.39 is 0 Å². The van der Waals surface area contributed by atoms with Gasteiger partial charge < -0.3 is 4.74 Å². The Balaban J connectivity index is 1.52. The SMILES string of the molecule is CCOc1ccc(N2C(=O)SC(=Cc3cn(-c4ccccc4)nc3-c3ccccc3)C2=S)cc1. The maximum absolute atomic E-state index is 12.9. The van der Waals surface area contributed by atoms with Crippen molar-refractivity contribution in [2.24, 2.45) is 0 Å². The zero-order chi connectivity index (χ0) is 23.5. The summed E-state index contributed by atoms with van der Waals surface area (Å²) in [7, 11) is 0. The largest absolute Gasteiger partial charge is 0.494 e. The summed E-state index contributed by atoms with van der Waals surface area (Å²) in [6, 6.07) is 27.3. The summed E-state index contributed by atoms with van der Waals surface area (Å²) in [5.41, 5.74) is 4.39. The molecular formula is C27H21N3O2S2. The zero-order valence-electron chi connectivity index (χ0n) is 18.4. The number of nitrogens with zero attached hydrogens (tertiary/aromatic N) is 3. The second-order valence-electron chi connectivity index (χ2n) is 7.52. The Morgan fingerprint density at radius 2 is 1.62 bits per heavy atom. The molecule has 0 spiro atoms. The molecule has 3 aromatic carbocycles. The van der Waals surface area contributed by atoms with Gasteiger partial charge in [0.05, 0.1) is 28.6 Å². The molecular weight excluding hydrogens is 462 g/mol. The molecule has 0 radical (unpaired) electrons. The van der Waals surface area contributed by atoms with E-state index in [1.807, 2.05) is 109 Å². The Hall–Kier alpha value is -3.68. The number of carbonyl (C=O) groups is 1. The summed E-state index contributed by atoms with van der Waals surface area (Å²) in [4.78, 5) is 15.6. The predicted molar refractivity (Wildman–Crippen MR) is 143 cm³/mol. The summed E-state index contributed by atoms with van der Waals surface area (Å²) in [6.45, 7) is 2.52. The van der Waals surface area contributed by atoms with Crippen molar-refractivity contribution in [3.8, 4) is 22.7 Å². The number of carbonyl (C=O) groups excluding carboxylic acids is 1. The summed E-state index contributed by atoms with van der Waals surface area (Å²) in [5, 5.41) is 4.72. The molecule has 1 amide bonds. The average molecular weight is 484 g/mol. The van der Waals surface area contributed by atoms with Crippen molar-refractivity contribution in [1.82, 2.24) is 9.78 Å². The van der Waals surface area contributed by atoms with E-state index in [0.717, 1.165) is 50.6 Å². The van der Waals surface area contributed by atoms with Crippen LogP contribution >= 0.6 is 24.0 Å². The molecule has 5 rings (SSSR count). The Morgan fingerprint density at radius 3 is 2.29 bits per heavy atom. The third kappa shape index (κ3) is 4.40. The van der Waals surface area contributed by atoms with Crippen LogP contribution in [0.4, 0.5) is 10.5 Å². The molecule has 1 fully saturated rings. The third-order valence-corrected chi connectivity index (χ3v) is 6.72. The van der Waals surface area contributed by atoms with Gasteiger partial charge in [0, 0.05) is 17.3 Å². The second kappa shape index (κ2) is 9.67. The molecule has 168 valence electrons. The number of hydrogen-bond donors (Lipinski definition) is 0. The fourth-order valence-corrected chi connectivity index (χ4v) is 4.99. The van der Waals surface area contributed by atoms with E-state index in [4.69, 9.17) is 22.1 Å². The van der Waals surface area contributed by atoms with Crippen LogP contribution in [-0.4, -0.2) is 26.6 Å². The maximum Gasteiger partial charge on any atom is 0.296 e. The van der Waals surface area contributed by atoms with Crippen LogP contribution in [0.5, 0.6) is 5.75 Å². The summed E-state index contributed by atoms with van der Waals surface area (Å²) in [6.07, 6.45) is 3.92. The number of thiocarbonyl (C=S) groups is 1. The monoisotopic (exact) mass is 483 g/mol. The van der Waals surface area contributed by atoms with Crippen molar-refractivity contribution < 1.29 is 9.53 Å². The van der Waals surface area contributed by atoms with Gasteiger partial charge in [-0.15, -0.1) is 0 Å². The standard InChI is InChI=1S/C27H21N3O2S2/c1-2-32-23-15-13-22(14-16-23)30-26(33)24(34-27(30)31)17-20-18-29(21-11-7-4-8-12-21)28-25(20)19-9-5-3-6-10-19/h3-18H,2H2,1H3. The second-order valence-corrected chi connectivity index (χ2v) is 8.90. The van der Waals surface area contributed by atoms with Crippen LogP contribution in [0.2, 0.25) is 0 Å². The number of anilines is 1. The lowest BCUT2D eigenvalue weighted by molar-refractivity contribution is 0.268. The van der Waals surface area contributed by atoms with E-state index in [1.54, 1.807) is 4.90 Å². The van der Waals surface area contributed by atoms with Gasteiger partial charge in [0.25, 0.3) is 5.24 Å². The van der Waals surface area contributed by atoms with Crippen molar-refractivity contribution in [2.75, 3.05) is 11.5 Å². The smallest absolute Gasteiger partial charge is 0.296 e. The van der Waals surface area contributed by atoms with Crippen molar-refractivity contribution in [3.63, 3.8) is 0 Å². The molecule has 0 aliphatic carbocycles. The molecule has 0 bridgehead atoms. The predicted octanol–water partition coefficient (Wildman–Crippen LogP) is 6.98. The van der Waals surface area contributed by atoms with Gasteiger partial charge in [-0.1, -0.05) is 60.7 Å². The van der Waals surface area contributed by atoms with E-state index in [1.165, 1.54) is 0 Å². The molecule has 1 aliphatic heterocycles. The van der Waals surface area contributed by atoms with Crippen molar-refractivity contribution >= 4 is 46.0 Å². The number of amides is 1. The lowest BCUT2D eigenvalue weighted by atomic mass is 10.1. The Morgan fingerprint density at radius 1 is 0.941 bits per heavy atom. The van der Waals surface area contributed by atoms with Crippen molar-refractivity contribution in [1.29, 1.82) is 0 Å². The van der Waals surface area contributed by atoms with E-state index in [-0.39, 0.29) is 5.24 Å². The van der Waals surface area contributed by atoms with Crippen molar-refractivity contribution in [3.05, 3.63) is 102 Å². The quantitative estimate of drug-likeness (QED) is 0.219. The lowest BCUT2D eigenvalue weighted by Gasteiger charge is -2.15. The number of hydrogen-bond acceptors (Lipinski definition) is 5. The van der Waals surface area contributed by atoms with Crippen LogP contribution in [0.3, 0.4) is 0 Å². The van der Waals surface area contributed by atoms with Crippen LogP contribution in [0.25, 0.3) is 23.0 Å². The number of benzene rings is 3. The average Bonchev–Trinajstić information content (AvgIpc) is 3.41. The van der Waals surface area contributed by atoms with Gasteiger partial charge in [0.1, 0.15) is 10.7 Å². The number of ether oxygens (including phenoxy) is 1. The fourth-order valence-electron chi connectivity index (χ4n) is 3.72. The van der Waals surface area contributed by atoms with Crippen LogP contribution in [0.1, 0.15) is 12.5 Å². The molecule has 0 saturated carbocycles. The topological polar surface area (TPSA) is 47.4 Å². The van der Waals surface area contributed by atoms with Gasteiger partial charge in [-0.3, -0.25) is 9.69 Å². The Bertz CT molecular complexity index is 1360. The van der Waals surface area contributed by atoms with Gasteiger partial charge in [0.15, 0.2) is 0 Å². The molecule has 4 aromatic rings. The molecule has 5 nitrogen and oxygen atoms in total. The molecule has 2 heterocycles. The molecule has 34 heavy (non-hydrogen) atoms.